The van der Waals surface area contributed by atoms with Gasteiger partial charge in [0.05, 0.1) is 0 Å². The highest BCUT2D eigenvalue weighted by molar-refractivity contribution is 5.71. The van der Waals surface area contributed by atoms with E-state index in [0.29, 0.717) is 19.3 Å². The van der Waals surface area contributed by atoms with Gasteiger partial charge in [0.25, 0.3) is 0 Å². The number of hydrogen-bond acceptors (Lipinski definition) is 6. The van der Waals surface area contributed by atoms with Crippen molar-refractivity contribution in [2.24, 2.45) is 0 Å². The molecule has 0 bridgehead atoms. The van der Waals surface area contributed by atoms with Crippen molar-refractivity contribution < 1.29 is 28.6 Å². The predicted octanol–water partition coefficient (Wildman–Crippen LogP) is 19.0. The number of carbonyl (C=O) groups is 3. The molecule has 0 aliphatic rings. The summed E-state index contributed by atoms with van der Waals surface area (Å²) >= 11 is 0. The number of hydrogen-bond donors (Lipinski definition) is 0. The molecule has 0 aliphatic heterocycles. The molecule has 0 N–H and O–H groups in total. The smallest absolute Gasteiger partial charge is 0.306 e. The van der Waals surface area contributed by atoms with Gasteiger partial charge in [-0.2, -0.15) is 0 Å². The predicted molar refractivity (Wildman–Crippen MR) is 284 cm³/mol. The molecule has 0 aliphatic carbocycles. The third kappa shape index (κ3) is 52.3. The maximum Gasteiger partial charge on any atom is 0.306 e. The number of carbonyl (C=O) groups excluding carboxylic acids is 3. The monoisotopic (exact) mass is 925 g/mol. The lowest BCUT2D eigenvalue weighted by Crippen LogP contribution is -2.30. The maximum absolute atomic E-state index is 12.7. The van der Waals surface area contributed by atoms with Crippen molar-refractivity contribution in [3.8, 4) is 0 Å². The number of rotatable bonds is 52. The fourth-order valence-corrected chi connectivity index (χ4v) is 8.21. The first-order valence-electron chi connectivity index (χ1n) is 28.6. The van der Waals surface area contributed by atoms with Crippen molar-refractivity contribution in [2.45, 2.75) is 303 Å². The third-order valence-electron chi connectivity index (χ3n) is 12.6. The van der Waals surface area contributed by atoms with Gasteiger partial charge in [0.15, 0.2) is 6.10 Å². The standard InChI is InChI=1S/C60H108O6/c1-4-7-10-13-15-17-19-21-22-23-24-25-26-27-28-29-30-31-32-33-34-35-36-37-38-39-41-42-44-47-50-53-59(62)65-56-57(55-64-58(61)52-49-46-12-9-6-3)66-60(63)54-51-48-45-43-40-20-18-16-14-11-8-5-2/h16,18-19,21,23-24,26-27,57H,4-15,17,20,22,25,28-56H2,1-3H3/b18-16-,21-19-,24-23-,27-26-. The Morgan fingerprint density at radius 2 is 0.545 bits per heavy atom. The molecule has 0 saturated carbocycles. The van der Waals surface area contributed by atoms with Gasteiger partial charge in [-0.15, -0.1) is 0 Å². The van der Waals surface area contributed by atoms with E-state index in [1.165, 1.54) is 167 Å². The molecule has 66 heavy (non-hydrogen) atoms. The van der Waals surface area contributed by atoms with Gasteiger partial charge in [-0.25, -0.2) is 0 Å². The van der Waals surface area contributed by atoms with Crippen LogP contribution >= 0.6 is 0 Å². The summed E-state index contributed by atoms with van der Waals surface area (Å²) in [7, 11) is 0. The number of unbranched alkanes of at least 4 members (excludes halogenated alkanes) is 33. The van der Waals surface area contributed by atoms with Crippen LogP contribution in [-0.2, 0) is 28.6 Å². The van der Waals surface area contributed by atoms with E-state index >= 15 is 0 Å². The van der Waals surface area contributed by atoms with Crippen LogP contribution in [-0.4, -0.2) is 37.2 Å². The second-order valence-electron chi connectivity index (χ2n) is 19.2. The molecule has 0 heterocycles. The zero-order valence-corrected chi connectivity index (χ0v) is 44.0. The average Bonchev–Trinajstić information content (AvgIpc) is 3.31. The normalized spacial score (nSPS) is 12.3. The van der Waals surface area contributed by atoms with Gasteiger partial charge in [-0.1, -0.05) is 243 Å². The van der Waals surface area contributed by atoms with Crippen molar-refractivity contribution in [1.82, 2.24) is 0 Å². The van der Waals surface area contributed by atoms with Gasteiger partial charge in [-0.3, -0.25) is 14.4 Å². The molecule has 6 heteroatoms. The Bertz CT molecular complexity index is 1150. The molecular formula is C60H108O6. The molecule has 0 aromatic carbocycles. The van der Waals surface area contributed by atoms with Gasteiger partial charge in [0, 0.05) is 19.3 Å². The van der Waals surface area contributed by atoms with E-state index in [2.05, 4.69) is 69.4 Å². The first kappa shape index (κ1) is 63.4. The SMILES string of the molecule is CCCCC/C=C\CCCCCCCC(=O)OC(COC(=O)CCCCCCC)COC(=O)CCCCCCCCCCCCCCCCCC/C=C\C/C=C\C/C=C\CCCCCCC. The van der Waals surface area contributed by atoms with Crippen LogP contribution in [0.1, 0.15) is 297 Å². The van der Waals surface area contributed by atoms with Crippen molar-refractivity contribution in [1.29, 1.82) is 0 Å². The van der Waals surface area contributed by atoms with E-state index in [4.69, 9.17) is 14.2 Å². The molecule has 0 amide bonds. The fraction of sp³-hybridized carbons (Fsp3) is 0.817. The van der Waals surface area contributed by atoms with Crippen LogP contribution in [0.2, 0.25) is 0 Å². The summed E-state index contributed by atoms with van der Waals surface area (Å²) in [5, 5.41) is 0. The van der Waals surface area contributed by atoms with E-state index in [9.17, 15) is 14.4 Å². The Kier molecular flexibility index (Phi) is 52.8. The lowest BCUT2D eigenvalue weighted by atomic mass is 10.0. The Morgan fingerprint density at radius 3 is 0.894 bits per heavy atom. The molecule has 0 aromatic rings. The summed E-state index contributed by atoms with van der Waals surface area (Å²) in [6, 6.07) is 0. The minimum absolute atomic E-state index is 0.0743. The van der Waals surface area contributed by atoms with E-state index in [0.717, 1.165) is 89.9 Å². The molecular weight excluding hydrogens is 817 g/mol. The maximum atomic E-state index is 12.7. The topological polar surface area (TPSA) is 78.9 Å². The number of allylic oxidation sites excluding steroid dienone is 8. The minimum atomic E-state index is -0.770. The molecule has 0 rings (SSSR count). The molecule has 0 radical (unpaired) electrons. The van der Waals surface area contributed by atoms with Crippen LogP contribution in [0.4, 0.5) is 0 Å². The van der Waals surface area contributed by atoms with Crippen molar-refractivity contribution in [3.05, 3.63) is 48.6 Å². The zero-order chi connectivity index (χ0) is 47.9. The van der Waals surface area contributed by atoms with Crippen LogP contribution in [0, 0.1) is 0 Å². The molecule has 0 aromatic heterocycles. The molecule has 0 spiro atoms. The first-order valence-corrected chi connectivity index (χ1v) is 28.6. The fourth-order valence-electron chi connectivity index (χ4n) is 8.21. The largest absolute Gasteiger partial charge is 0.462 e. The van der Waals surface area contributed by atoms with Crippen LogP contribution in [0.25, 0.3) is 0 Å². The average molecular weight is 926 g/mol. The van der Waals surface area contributed by atoms with E-state index < -0.39 is 6.10 Å². The zero-order valence-electron chi connectivity index (χ0n) is 44.0. The summed E-state index contributed by atoms with van der Waals surface area (Å²) in [5.74, 6) is -0.889. The summed E-state index contributed by atoms with van der Waals surface area (Å²) in [6.07, 6.45) is 67.4. The molecule has 0 fully saturated rings. The lowest BCUT2D eigenvalue weighted by molar-refractivity contribution is -0.167. The number of esters is 3. The first-order chi connectivity index (χ1) is 32.5. The summed E-state index contributed by atoms with van der Waals surface area (Å²) in [4.78, 5) is 37.7. The second-order valence-corrected chi connectivity index (χ2v) is 19.2. The van der Waals surface area contributed by atoms with Gasteiger partial charge in [0.2, 0.25) is 0 Å². The quantitative estimate of drug-likeness (QED) is 0.0262. The lowest BCUT2D eigenvalue weighted by Gasteiger charge is -2.18. The Morgan fingerprint density at radius 1 is 0.303 bits per heavy atom. The van der Waals surface area contributed by atoms with Crippen molar-refractivity contribution >= 4 is 17.9 Å². The molecule has 0 saturated heterocycles. The van der Waals surface area contributed by atoms with Crippen LogP contribution < -0.4 is 0 Å². The molecule has 384 valence electrons. The number of ether oxygens (including phenoxy) is 3. The molecule has 6 nitrogen and oxygen atoms in total. The highest BCUT2D eigenvalue weighted by atomic mass is 16.6. The van der Waals surface area contributed by atoms with Crippen LogP contribution in [0.5, 0.6) is 0 Å². The van der Waals surface area contributed by atoms with E-state index in [1.54, 1.807) is 0 Å². The van der Waals surface area contributed by atoms with Gasteiger partial charge >= 0.3 is 17.9 Å². The van der Waals surface area contributed by atoms with Gasteiger partial charge in [-0.05, 0) is 83.5 Å². The van der Waals surface area contributed by atoms with E-state index in [1.807, 2.05) is 0 Å². The summed E-state index contributed by atoms with van der Waals surface area (Å²) in [5.41, 5.74) is 0. The Balaban J connectivity index is 3.92. The van der Waals surface area contributed by atoms with Gasteiger partial charge in [0.1, 0.15) is 13.2 Å². The van der Waals surface area contributed by atoms with Crippen LogP contribution in [0.15, 0.2) is 48.6 Å². The molecule has 1 unspecified atom stereocenters. The second kappa shape index (κ2) is 55.0. The molecule has 1 atom stereocenters. The third-order valence-corrected chi connectivity index (χ3v) is 12.6. The Hall–Kier alpha value is -2.63. The highest BCUT2D eigenvalue weighted by Gasteiger charge is 2.19. The highest BCUT2D eigenvalue weighted by Crippen LogP contribution is 2.16. The Labute approximate surface area is 409 Å². The van der Waals surface area contributed by atoms with Crippen molar-refractivity contribution in [3.63, 3.8) is 0 Å². The van der Waals surface area contributed by atoms with E-state index in [-0.39, 0.29) is 31.1 Å². The minimum Gasteiger partial charge on any atom is -0.462 e. The van der Waals surface area contributed by atoms with Crippen molar-refractivity contribution in [2.75, 3.05) is 13.2 Å². The van der Waals surface area contributed by atoms with Crippen LogP contribution in [0.3, 0.4) is 0 Å². The summed E-state index contributed by atoms with van der Waals surface area (Å²) < 4.78 is 16.7. The van der Waals surface area contributed by atoms with Gasteiger partial charge < -0.3 is 14.2 Å². The summed E-state index contributed by atoms with van der Waals surface area (Å²) in [6.45, 7) is 6.53.